The molecule has 0 amide bonds. The van der Waals surface area contributed by atoms with Gasteiger partial charge in [-0.3, -0.25) is 4.55 Å². The minimum atomic E-state index is -3.92. The van der Waals surface area contributed by atoms with Crippen molar-refractivity contribution in [2.24, 2.45) is 0 Å². The first kappa shape index (κ1) is 9.94. The molecule has 5 nitrogen and oxygen atoms in total. The Labute approximate surface area is 75.8 Å². The van der Waals surface area contributed by atoms with Crippen LogP contribution in [0.2, 0.25) is 0 Å². The summed E-state index contributed by atoms with van der Waals surface area (Å²) in [6, 6.07) is 2.91. The maximum atomic E-state index is 10.4. The molecule has 1 rings (SSSR count). The van der Waals surface area contributed by atoms with Crippen LogP contribution in [0.5, 0.6) is 5.88 Å². The molecule has 0 saturated heterocycles. The van der Waals surface area contributed by atoms with Gasteiger partial charge in [0.25, 0.3) is 10.1 Å². The molecule has 0 spiro atoms. The third-order valence-electron chi connectivity index (χ3n) is 1.46. The Hall–Kier alpha value is -1.14. The highest BCUT2D eigenvalue weighted by Crippen LogP contribution is 2.06. The van der Waals surface area contributed by atoms with Crippen molar-refractivity contribution in [3.63, 3.8) is 0 Å². The van der Waals surface area contributed by atoms with Gasteiger partial charge in [0.15, 0.2) is 0 Å². The van der Waals surface area contributed by atoms with Crippen LogP contribution in [0, 0.1) is 0 Å². The summed E-state index contributed by atoms with van der Waals surface area (Å²) >= 11 is 0. The molecule has 0 aromatic carbocycles. The van der Waals surface area contributed by atoms with Crippen LogP contribution in [0.1, 0.15) is 5.56 Å². The first-order chi connectivity index (χ1) is 5.97. The SMILES string of the molecule is O=S(=O)(O)CCc1ccc(O)nc1. The van der Waals surface area contributed by atoms with Gasteiger partial charge in [-0.2, -0.15) is 8.42 Å². The monoisotopic (exact) mass is 203 g/mol. The maximum absolute atomic E-state index is 10.4. The normalized spacial score (nSPS) is 11.5. The van der Waals surface area contributed by atoms with Gasteiger partial charge < -0.3 is 5.11 Å². The number of aromatic nitrogens is 1. The van der Waals surface area contributed by atoms with Crippen LogP contribution >= 0.6 is 0 Å². The van der Waals surface area contributed by atoms with Crippen molar-refractivity contribution in [1.82, 2.24) is 4.98 Å². The maximum Gasteiger partial charge on any atom is 0.265 e. The summed E-state index contributed by atoms with van der Waals surface area (Å²) in [5.41, 5.74) is 0.649. The predicted octanol–water partition coefficient (Wildman–Crippen LogP) is 0.218. The zero-order valence-corrected chi connectivity index (χ0v) is 7.53. The number of hydrogen-bond acceptors (Lipinski definition) is 4. The molecule has 0 aliphatic rings. The minimum Gasteiger partial charge on any atom is -0.493 e. The summed E-state index contributed by atoms with van der Waals surface area (Å²) in [5.74, 6) is -0.449. The quantitative estimate of drug-likeness (QED) is 0.686. The highest BCUT2D eigenvalue weighted by Gasteiger charge is 2.04. The van der Waals surface area contributed by atoms with E-state index in [1.165, 1.54) is 12.3 Å². The summed E-state index contributed by atoms with van der Waals surface area (Å²) in [5, 5.41) is 8.81. The second-order valence-corrected chi connectivity index (χ2v) is 4.13. The zero-order valence-electron chi connectivity index (χ0n) is 6.71. The Morgan fingerprint density at radius 2 is 2.08 bits per heavy atom. The Bertz CT molecular complexity index is 370. The van der Waals surface area contributed by atoms with Gasteiger partial charge in [0.1, 0.15) is 0 Å². The number of hydrogen-bond donors (Lipinski definition) is 2. The number of nitrogens with zero attached hydrogens (tertiary/aromatic N) is 1. The topological polar surface area (TPSA) is 87.5 Å². The first-order valence-corrected chi connectivity index (χ1v) is 5.17. The fourth-order valence-electron chi connectivity index (χ4n) is 0.811. The lowest BCUT2D eigenvalue weighted by Crippen LogP contribution is -2.06. The summed E-state index contributed by atoms with van der Waals surface area (Å²) in [7, 11) is -3.92. The lowest BCUT2D eigenvalue weighted by atomic mass is 10.2. The van der Waals surface area contributed by atoms with E-state index in [1.54, 1.807) is 6.07 Å². The molecule has 0 aliphatic heterocycles. The van der Waals surface area contributed by atoms with E-state index in [4.69, 9.17) is 9.66 Å². The van der Waals surface area contributed by atoms with E-state index < -0.39 is 10.1 Å². The second kappa shape index (κ2) is 3.71. The van der Waals surface area contributed by atoms with Crippen molar-refractivity contribution in [2.75, 3.05) is 5.75 Å². The standard InChI is InChI=1S/C7H9NO4S/c9-7-2-1-6(5-8-7)3-4-13(10,11)12/h1-2,5H,3-4H2,(H,8,9)(H,10,11,12). The van der Waals surface area contributed by atoms with Crippen LogP contribution in [-0.4, -0.2) is 28.8 Å². The minimum absolute atomic E-state index is 0.115. The molecule has 0 fully saturated rings. The van der Waals surface area contributed by atoms with Gasteiger partial charge in [-0.1, -0.05) is 6.07 Å². The summed E-state index contributed by atoms with van der Waals surface area (Å²) in [4.78, 5) is 3.56. The summed E-state index contributed by atoms with van der Waals surface area (Å²) in [6.45, 7) is 0. The van der Waals surface area contributed by atoms with Gasteiger partial charge in [-0.25, -0.2) is 4.98 Å². The van der Waals surface area contributed by atoms with Gasteiger partial charge in [-0.05, 0) is 12.0 Å². The molecule has 13 heavy (non-hydrogen) atoms. The van der Waals surface area contributed by atoms with Crippen molar-refractivity contribution < 1.29 is 18.1 Å². The Balaban J connectivity index is 2.61. The predicted molar refractivity (Wildman–Crippen MR) is 46.0 cm³/mol. The van der Waals surface area contributed by atoms with Gasteiger partial charge in [0, 0.05) is 12.3 Å². The van der Waals surface area contributed by atoms with E-state index in [-0.39, 0.29) is 18.1 Å². The molecule has 2 N–H and O–H groups in total. The third-order valence-corrected chi connectivity index (χ3v) is 2.18. The van der Waals surface area contributed by atoms with Gasteiger partial charge in [-0.15, -0.1) is 0 Å². The molecule has 0 saturated carbocycles. The molecule has 72 valence electrons. The molecule has 0 bridgehead atoms. The largest absolute Gasteiger partial charge is 0.493 e. The van der Waals surface area contributed by atoms with Crippen molar-refractivity contribution >= 4 is 10.1 Å². The van der Waals surface area contributed by atoms with Crippen molar-refractivity contribution in [2.45, 2.75) is 6.42 Å². The Morgan fingerprint density at radius 1 is 1.38 bits per heavy atom. The summed E-state index contributed by atoms with van der Waals surface area (Å²) < 4.78 is 29.2. The van der Waals surface area contributed by atoms with Crippen LogP contribution in [0.3, 0.4) is 0 Å². The molecule has 1 aromatic rings. The summed E-state index contributed by atoms with van der Waals surface area (Å²) in [6.07, 6.45) is 1.55. The fourth-order valence-corrected chi connectivity index (χ4v) is 1.31. The second-order valence-electron chi connectivity index (χ2n) is 2.56. The number of aromatic hydroxyl groups is 1. The highest BCUT2D eigenvalue weighted by molar-refractivity contribution is 7.85. The molecule has 0 radical (unpaired) electrons. The Morgan fingerprint density at radius 3 is 2.54 bits per heavy atom. The van der Waals surface area contributed by atoms with Crippen LogP contribution in [0.4, 0.5) is 0 Å². The highest BCUT2D eigenvalue weighted by atomic mass is 32.2. The average Bonchev–Trinajstić information content (AvgIpc) is 2.02. The number of rotatable bonds is 3. The lowest BCUT2D eigenvalue weighted by molar-refractivity contribution is 0.453. The smallest absolute Gasteiger partial charge is 0.265 e. The zero-order chi connectivity index (χ0) is 9.90. The lowest BCUT2D eigenvalue weighted by Gasteiger charge is -1.98. The molecular formula is C7H9NO4S. The van der Waals surface area contributed by atoms with Gasteiger partial charge in [0.05, 0.1) is 5.75 Å². The van der Waals surface area contributed by atoms with E-state index in [2.05, 4.69) is 4.98 Å². The van der Waals surface area contributed by atoms with E-state index in [0.29, 0.717) is 5.56 Å². The van der Waals surface area contributed by atoms with Crippen LogP contribution in [-0.2, 0) is 16.5 Å². The van der Waals surface area contributed by atoms with Crippen molar-refractivity contribution in [1.29, 1.82) is 0 Å². The first-order valence-electron chi connectivity index (χ1n) is 3.56. The molecule has 6 heteroatoms. The van der Waals surface area contributed by atoms with E-state index in [0.717, 1.165) is 0 Å². The van der Waals surface area contributed by atoms with Gasteiger partial charge >= 0.3 is 0 Å². The van der Waals surface area contributed by atoms with Crippen molar-refractivity contribution in [3.8, 4) is 5.88 Å². The number of aryl methyl sites for hydroxylation is 1. The average molecular weight is 203 g/mol. The molecular weight excluding hydrogens is 194 g/mol. The molecule has 0 atom stereocenters. The molecule has 1 aromatic heterocycles. The van der Waals surface area contributed by atoms with Crippen LogP contribution in [0.25, 0.3) is 0 Å². The van der Waals surface area contributed by atoms with Crippen LogP contribution < -0.4 is 0 Å². The van der Waals surface area contributed by atoms with Gasteiger partial charge in [0.2, 0.25) is 5.88 Å². The van der Waals surface area contributed by atoms with E-state index >= 15 is 0 Å². The fraction of sp³-hybridized carbons (Fsp3) is 0.286. The molecule has 0 aliphatic carbocycles. The number of pyridine rings is 1. The van der Waals surface area contributed by atoms with Crippen molar-refractivity contribution in [3.05, 3.63) is 23.9 Å². The molecule has 1 heterocycles. The van der Waals surface area contributed by atoms with Crippen LogP contribution in [0.15, 0.2) is 18.3 Å². The Kier molecular flexibility index (Phi) is 2.84. The molecule has 0 unspecified atom stereocenters. The third kappa shape index (κ3) is 3.86. The van der Waals surface area contributed by atoms with E-state index in [1.807, 2.05) is 0 Å². The van der Waals surface area contributed by atoms with E-state index in [9.17, 15) is 8.42 Å².